The third kappa shape index (κ3) is 33.6. The van der Waals surface area contributed by atoms with Crippen molar-refractivity contribution >= 4 is 60.1 Å². The standard InChI is InChI=1S/C15H27N5O6.C13H25N5O6S.C2H2/c16-10(4-3-6-13(22)23)9-20(18)7-2-1-5-12(21)19-11(15(17)26)8-14(24)25;14-13(15)16-4-2-1-3-10(19)18-9(5-11(20)21)12(22)17-8(7-25)6-24-23;1-2/h9,11H,1-8,16,18H2,(H2,17,26)(H,19,21)(H,22,23)(H,24,25);8-9,23,25H,1-7H2,(H,17,22)(H,18,19)(H,20,21)(H4,14,15,16);1-2H/b10-9-;;. The minimum atomic E-state index is -1.25. The Balaban J connectivity index is -0.000000901. The fourth-order valence-corrected chi connectivity index (χ4v) is 4.01. The first kappa shape index (κ1) is 52.1. The molecule has 3 atom stereocenters. The summed E-state index contributed by atoms with van der Waals surface area (Å²) in [6, 6.07) is -3.11. The van der Waals surface area contributed by atoms with Crippen LogP contribution in [-0.2, 0) is 38.4 Å². The molecule has 0 aliphatic carbocycles. The van der Waals surface area contributed by atoms with Crippen molar-refractivity contribution in [3.05, 3.63) is 11.9 Å². The number of thiol groups is 1. The van der Waals surface area contributed by atoms with Crippen LogP contribution in [0.25, 0.3) is 0 Å². The maximum atomic E-state index is 12.1. The topological polar surface area (TPSA) is 391 Å². The fourth-order valence-electron chi connectivity index (χ4n) is 3.82. The highest BCUT2D eigenvalue weighted by Crippen LogP contribution is 2.05. The van der Waals surface area contributed by atoms with Gasteiger partial charge in [-0.25, -0.2) is 10.7 Å². The maximum Gasteiger partial charge on any atom is 0.305 e. The summed E-state index contributed by atoms with van der Waals surface area (Å²) >= 11 is 3.97. The molecule has 23 heteroatoms. The number of primary amides is 1. The molecule has 0 aromatic carbocycles. The Bertz CT molecular complexity index is 1230. The van der Waals surface area contributed by atoms with Crippen molar-refractivity contribution in [1.29, 1.82) is 0 Å². The van der Waals surface area contributed by atoms with Crippen LogP contribution < -0.4 is 44.7 Å². The minimum Gasteiger partial charge on any atom is -0.481 e. The lowest BCUT2D eigenvalue weighted by Gasteiger charge is -2.20. The van der Waals surface area contributed by atoms with E-state index in [2.05, 4.69) is 51.3 Å². The summed E-state index contributed by atoms with van der Waals surface area (Å²) in [7, 11) is 0. The van der Waals surface area contributed by atoms with Crippen LogP contribution in [0.4, 0.5) is 0 Å². The summed E-state index contributed by atoms with van der Waals surface area (Å²) in [5.41, 5.74) is 21.6. The van der Waals surface area contributed by atoms with Crippen LogP contribution in [0.1, 0.15) is 70.6 Å². The average molecular weight is 779 g/mol. The van der Waals surface area contributed by atoms with Gasteiger partial charge in [0.1, 0.15) is 18.7 Å². The highest BCUT2D eigenvalue weighted by Gasteiger charge is 2.25. The molecule has 0 fully saturated rings. The van der Waals surface area contributed by atoms with E-state index in [4.69, 9.17) is 49.4 Å². The molecule has 4 amide bonds. The molecular formula is C30H54N10O12S. The summed E-state index contributed by atoms with van der Waals surface area (Å²) in [5, 5.41) is 42.9. The van der Waals surface area contributed by atoms with Crippen molar-refractivity contribution in [3.63, 3.8) is 0 Å². The van der Waals surface area contributed by atoms with Crippen LogP contribution in [-0.4, -0.2) is 117 Å². The Kier molecular flexibility index (Phi) is 32.0. The number of guanidine groups is 1. The number of rotatable bonds is 27. The van der Waals surface area contributed by atoms with Crippen molar-refractivity contribution in [2.75, 3.05) is 25.4 Å². The number of hydrogen-bond acceptors (Lipinski definition) is 14. The van der Waals surface area contributed by atoms with Crippen LogP contribution in [0, 0.1) is 12.8 Å². The number of hydrogen-bond donors (Lipinski definition) is 13. The number of allylic oxidation sites excluding steroid dienone is 1. The lowest BCUT2D eigenvalue weighted by molar-refractivity contribution is -0.245. The van der Waals surface area contributed by atoms with Gasteiger partial charge in [-0.3, -0.25) is 43.8 Å². The van der Waals surface area contributed by atoms with Crippen molar-refractivity contribution in [1.82, 2.24) is 21.0 Å². The lowest BCUT2D eigenvalue weighted by atomic mass is 10.1. The summed E-state index contributed by atoms with van der Waals surface area (Å²) in [4.78, 5) is 86.3. The molecule has 0 saturated carbocycles. The number of nitrogens with two attached hydrogens (primary N) is 5. The largest absolute Gasteiger partial charge is 0.481 e. The van der Waals surface area contributed by atoms with Gasteiger partial charge in [-0.05, 0) is 38.5 Å². The quantitative estimate of drug-likeness (QED) is 0.00593. The Morgan fingerprint density at radius 1 is 0.755 bits per heavy atom. The SMILES string of the molecule is C#C.NC(=O)C(CC(=O)O)NC(=O)CCCCN(N)/C=C(\N)CCCC(=O)O.NC(N)=NCCCCC(=O)NC(CC(=O)O)C(=O)NC(CS)COO. The average Bonchev–Trinajstić information content (AvgIpc) is 3.06. The van der Waals surface area contributed by atoms with Gasteiger partial charge in [-0.1, -0.05) is 0 Å². The van der Waals surface area contributed by atoms with Crippen LogP contribution in [0.2, 0.25) is 0 Å². The number of carboxylic acids is 3. The van der Waals surface area contributed by atoms with E-state index >= 15 is 0 Å². The van der Waals surface area contributed by atoms with E-state index in [-0.39, 0.29) is 37.6 Å². The molecule has 53 heavy (non-hydrogen) atoms. The van der Waals surface area contributed by atoms with Crippen LogP contribution in [0.3, 0.4) is 0 Å². The third-order valence-electron chi connectivity index (χ3n) is 6.29. The Morgan fingerprint density at radius 3 is 1.75 bits per heavy atom. The second-order valence-electron chi connectivity index (χ2n) is 10.9. The lowest BCUT2D eigenvalue weighted by Crippen LogP contribution is -2.51. The number of aliphatic imine (C=N–C) groups is 1. The van der Waals surface area contributed by atoms with Crippen molar-refractivity contribution in [2.45, 2.75) is 88.8 Å². The van der Waals surface area contributed by atoms with E-state index in [0.29, 0.717) is 57.3 Å². The number of carbonyl (C=O) groups excluding carboxylic acids is 4. The number of terminal acetylenes is 1. The summed E-state index contributed by atoms with van der Waals surface area (Å²) in [6.45, 7) is 0.578. The van der Waals surface area contributed by atoms with Crippen LogP contribution in [0.15, 0.2) is 16.9 Å². The molecule has 0 aliphatic rings. The number of aliphatic carboxylic acids is 3. The van der Waals surface area contributed by atoms with Crippen LogP contribution in [0.5, 0.6) is 0 Å². The van der Waals surface area contributed by atoms with Crippen LogP contribution >= 0.6 is 12.6 Å². The molecule has 302 valence electrons. The van der Waals surface area contributed by atoms with Gasteiger partial charge in [-0.15, -0.1) is 12.8 Å². The summed E-state index contributed by atoms with van der Waals surface area (Å²) in [5.74, 6) is -0.0508. The smallest absolute Gasteiger partial charge is 0.305 e. The van der Waals surface area contributed by atoms with Gasteiger partial charge < -0.3 is 59.2 Å². The molecule has 0 radical (unpaired) electrons. The normalized spacial score (nSPS) is 12.1. The molecule has 17 N–H and O–H groups in total. The van der Waals surface area contributed by atoms with Gasteiger partial charge >= 0.3 is 17.9 Å². The van der Waals surface area contributed by atoms with Crippen molar-refractivity contribution in [2.24, 2.45) is 33.8 Å². The zero-order valence-electron chi connectivity index (χ0n) is 29.4. The third-order valence-corrected chi connectivity index (χ3v) is 6.74. The minimum absolute atomic E-state index is 0.0302. The number of nitrogens with zero attached hydrogens (tertiary/aromatic N) is 2. The monoisotopic (exact) mass is 778 g/mol. The molecule has 0 aromatic heterocycles. The Labute approximate surface area is 312 Å². The second kappa shape index (κ2) is 32.6. The number of amides is 4. The zero-order valence-corrected chi connectivity index (χ0v) is 30.2. The first-order valence-corrected chi connectivity index (χ1v) is 16.6. The van der Waals surface area contributed by atoms with E-state index in [1.165, 1.54) is 11.2 Å². The van der Waals surface area contributed by atoms with Crippen molar-refractivity contribution < 1.29 is 59.0 Å². The maximum absolute atomic E-state index is 12.1. The van der Waals surface area contributed by atoms with Crippen molar-refractivity contribution in [3.8, 4) is 12.8 Å². The van der Waals surface area contributed by atoms with Gasteiger partial charge in [0.25, 0.3) is 0 Å². The molecule has 0 spiro atoms. The molecule has 0 rings (SSSR count). The Hall–Kier alpha value is -5.31. The first-order valence-electron chi connectivity index (χ1n) is 16.0. The molecule has 0 heterocycles. The summed E-state index contributed by atoms with van der Waals surface area (Å²) < 4.78 is 0. The van der Waals surface area contributed by atoms with Gasteiger partial charge in [0.15, 0.2) is 5.96 Å². The molecule has 22 nitrogen and oxygen atoms in total. The molecule has 0 aromatic rings. The van der Waals surface area contributed by atoms with Gasteiger partial charge in [0.2, 0.25) is 23.6 Å². The molecular weight excluding hydrogens is 724 g/mol. The fraction of sp³-hybridized carbons (Fsp3) is 0.600. The van der Waals surface area contributed by atoms with Gasteiger partial charge in [0.05, 0.1) is 18.9 Å². The van der Waals surface area contributed by atoms with E-state index in [0.717, 1.165) is 0 Å². The molecule has 0 saturated heterocycles. The van der Waals surface area contributed by atoms with E-state index in [1.807, 2.05) is 0 Å². The molecule has 3 unspecified atom stereocenters. The number of carbonyl (C=O) groups is 7. The number of unbranched alkanes of at least 4 members (excludes halogenated alkanes) is 2. The van der Waals surface area contributed by atoms with E-state index in [9.17, 15) is 33.6 Å². The number of hydrazine groups is 1. The van der Waals surface area contributed by atoms with Gasteiger partial charge in [0, 0.05) is 50.0 Å². The molecule has 0 aliphatic heterocycles. The first-order chi connectivity index (χ1) is 24.9. The molecule has 0 bridgehead atoms. The highest BCUT2D eigenvalue weighted by atomic mass is 32.1. The number of nitrogens with one attached hydrogen (secondary N) is 3. The summed E-state index contributed by atoms with van der Waals surface area (Å²) in [6.07, 6.45) is 11.5. The zero-order chi connectivity index (χ0) is 41.4. The Morgan fingerprint density at radius 2 is 1.28 bits per heavy atom. The van der Waals surface area contributed by atoms with E-state index in [1.54, 1.807) is 0 Å². The van der Waals surface area contributed by atoms with Gasteiger partial charge in [-0.2, -0.15) is 12.6 Å². The second-order valence-corrected chi connectivity index (χ2v) is 11.3. The highest BCUT2D eigenvalue weighted by molar-refractivity contribution is 7.80. The predicted molar refractivity (Wildman–Crippen MR) is 195 cm³/mol. The predicted octanol–water partition coefficient (Wildman–Crippen LogP) is -2.62. The van der Waals surface area contributed by atoms with E-state index < -0.39 is 72.5 Å². The number of carboxylic acid groups (broad SMARTS) is 3.